The lowest BCUT2D eigenvalue weighted by Gasteiger charge is -2.31. The van der Waals surface area contributed by atoms with Gasteiger partial charge >= 0.3 is 0 Å². The molecule has 1 atom stereocenters. The molecule has 2 aliphatic heterocycles. The summed E-state index contributed by atoms with van der Waals surface area (Å²) in [6.45, 7) is 1.78. The summed E-state index contributed by atoms with van der Waals surface area (Å²) < 4.78 is 35.6. The lowest BCUT2D eigenvalue weighted by molar-refractivity contribution is 0.000424. The van der Waals surface area contributed by atoms with E-state index in [2.05, 4.69) is 5.32 Å². The molecule has 23 heavy (non-hydrogen) atoms. The molecule has 0 unspecified atom stereocenters. The van der Waals surface area contributed by atoms with Gasteiger partial charge in [-0.3, -0.25) is 4.79 Å². The predicted octanol–water partition coefficient (Wildman–Crippen LogP) is 0.0117. The third-order valence-electron chi connectivity index (χ3n) is 4.02. The maximum atomic E-state index is 12.3. The van der Waals surface area contributed by atoms with E-state index in [0.717, 1.165) is 12.0 Å². The van der Waals surface area contributed by atoms with E-state index in [0.29, 0.717) is 31.1 Å². The summed E-state index contributed by atoms with van der Waals surface area (Å²) in [7, 11) is -3.24. The van der Waals surface area contributed by atoms with Crippen LogP contribution in [0.25, 0.3) is 0 Å². The van der Waals surface area contributed by atoms with E-state index < -0.39 is 10.0 Å². The number of carbonyl (C=O) groups is 1. The molecule has 1 N–H and O–H groups in total. The molecule has 0 aliphatic carbocycles. The molecule has 8 heteroatoms. The van der Waals surface area contributed by atoms with Crippen LogP contribution in [-0.2, 0) is 21.2 Å². The average molecular weight is 340 g/mol. The van der Waals surface area contributed by atoms with E-state index >= 15 is 0 Å². The lowest BCUT2D eigenvalue weighted by Crippen LogP contribution is -2.49. The number of para-hydroxylation sites is 1. The normalized spacial score (nSPS) is 21.5. The molecule has 126 valence electrons. The molecule has 1 fully saturated rings. The van der Waals surface area contributed by atoms with Gasteiger partial charge in [-0.2, -0.15) is 4.31 Å². The van der Waals surface area contributed by atoms with Gasteiger partial charge in [0.2, 0.25) is 10.0 Å². The van der Waals surface area contributed by atoms with Crippen LogP contribution in [0.15, 0.2) is 18.2 Å². The first-order valence-corrected chi connectivity index (χ1v) is 9.39. The van der Waals surface area contributed by atoms with Gasteiger partial charge in [0.15, 0.2) is 0 Å². The largest absolute Gasteiger partial charge is 0.492 e. The highest BCUT2D eigenvalue weighted by Crippen LogP contribution is 2.29. The topological polar surface area (TPSA) is 84.9 Å². The van der Waals surface area contributed by atoms with E-state index in [1.54, 1.807) is 6.07 Å². The number of benzene rings is 1. The first-order chi connectivity index (χ1) is 10.9. The SMILES string of the molecule is CS(=O)(=O)N1CCO[C@H](CNC(=O)c2cccc3c2OCC3)C1. The number of nitrogens with zero attached hydrogens (tertiary/aromatic N) is 1. The van der Waals surface area contributed by atoms with Crippen LogP contribution in [0.3, 0.4) is 0 Å². The highest BCUT2D eigenvalue weighted by molar-refractivity contribution is 7.88. The van der Waals surface area contributed by atoms with Crippen LogP contribution in [0.2, 0.25) is 0 Å². The van der Waals surface area contributed by atoms with Crippen LogP contribution in [0.5, 0.6) is 5.75 Å². The van der Waals surface area contributed by atoms with Gasteiger partial charge in [0.25, 0.3) is 5.91 Å². The number of sulfonamides is 1. The molecule has 0 saturated carbocycles. The average Bonchev–Trinajstić information content (AvgIpc) is 3.00. The summed E-state index contributed by atoms with van der Waals surface area (Å²) in [6.07, 6.45) is 1.64. The Bertz CT molecular complexity index is 704. The second-order valence-electron chi connectivity index (χ2n) is 5.72. The Morgan fingerprint density at radius 3 is 3.00 bits per heavy atom. The van der Waals surface area contributed by atoms with Crippen molar-refractivity contribution in [1.82, 2.24) is 9.62 Å². The molecule has 2 heterocycles. The zero-order chi connectivity index (χ0) is 16.4. The Morgan fingerprint density at radius 2 is 2.22 bits per heavy atom. The molecule has 1 saturated heterocycles. The molecule has 1 amide bonds. The minimum atomic E-state index is -3.24. The maximum Gasteiger partial charge on any atom is 0.255 e. The van der Waals surface area contributed by atoms with Crippen LogP contribution >= 0.6 is 0 Å². The molecule has 1 aromatic rings. The van der Waals surface area contributed by atoms with Gasteiger partial charge in [-0.05, 0) is 11.6 Å². The summed E-state index contributed by atoms with van der Waals surface area (Å²) in [6, 6.07) is 5.52. The highest BCUT2D eigenvalue weighted by Gasteiger charge is 2.27. The second-order valence-corrected chi connectivity index (χ2v) is 7.70. The van der Waals surface area contributed by atoms with Crippen LogP contribution in [-0.4, -0.2) is 63.8 Å². The fraction of sp³-hybridized carbons (Fsp3) is 0.533. The number of hydrogen-bond acceptors (Lipinski definition) is 5. The molecule has 0 radical (unpaired) electrons. The lowest BCUT2D eigenvalue weighted by atomic mass is 10.1. The summed E-state index contributed by atoms with van der Waals surface area (Å²) in [5.74, 6) is 0.413. The maximum absolute atomic E-state index is 12.3. The van der Waals surface area contributed by atoms with Gasteiger partial charge < -0.3 is 14.8 Å². The Balaban J connectivity index is 1.60. The van der Waals surface area contributed by atoms with Gasteiger partial charge in [0.05, 0.1) is 31.1 Å². The van der Waals surface area contributed by atoms with Gasteiger partial charge in [-0.15, -0.1) is 0 Å². The van der Waals surface area contributed by atoms with Gasteiger partial charge in [0.1, 0.15) is 5.75 Å². The van der Waals surface area contributed by atoms with Gasteiger partial charge in [0, 0.05) is 26.1 Å². The van der Waals surface area contributed by atoms with Crippen molar-refractivity contribution in [3.05, 3.63) is 29.3 Å². The number of rotatable bonds is 4. The Labute approximate surface area is 135 Å². The fourth-order valence-electron chi connectivity index (χ4n) is 2.81. The molecule has 0 spiro atoms. The number of morpholine rings is 1. The van der Waals surface area contributed by atoms with Crippen LogP contribution < -0.4 is 10.1 Å². The van der Waals surface area contributed by atoms with Crippen molar-refractivity contribution in [3.63, 3.8) is 0 Å². The van der Waals surface area contributed by atoms with Gasteiger partial charge in [-0.25, -0.2) is 8.42 Å². The zero-order valence-electron chi connectivity index (χ0n) is 12.9. The highest BCUT2D eigenvalue weighted by atomic mass is 32.2. The standard InChI is InChI=1S/C15H20N2O5S/c1-23(19,20)17-6-8-21-12(10-17)9-16-15(18)13-4-2-3-11-5-7-22-14(11)13/h2-4,12H,5-10H2,1H3,(H,16,18)/t12-/m1/s1. The third kappa shape index (κ3) is 3.65. The fourth-order valence-corrected chi connectivity index (χ4v) is 3.66. The Kier molecular flexibility index (Phi) is 4.56. The third-order valence-corrected chi connectivity index (χ3v) is 5.29. The quantitative estimate of drug-likeness (QED) is 0.835. The van der Waals surface area contributed by atoms with Crippen molar-refractivity contribution in [2.45, 2.75) is 12.5 Å². The minimum absolute atomic E-state index is 0.233. The van der Waals surface area contributed by atoms with Crippen molar-refractivity contribution in [2.75, 3.05) is 39.1 Å². The zero-order valence-corrected chi connectivity index (χ0v) is 13.8. The van der Waals surface area contributed by atoms with Crippen LogP contribution in [0.1, 0.15) is 15.9 Å². The number of amides is 1. The van der Waals surface area contributed by atoms with Crippen molar-refractivity contribution in [3.8, 4) is 5.75 Å². The number of hydrogen-bond donors (Lipinski definition) is 1. The van der Waals surface area contributed by atoms with E-state index in [-0.39, 0.29) is 25.1 Å². The second kappa shape index (κ2) is 6.46. The van der Waals surface area contributed by atoms with E-state index in [4.69, 9.17) is 9.47 Å². The van der Waals surface area contributed by atoms with Crippen LogP contribution in [0.4, 0.5) is 0 Å². The number of carbonyl (C=O) groups excluding carboxylic acids is 1. The smallest absolute Gasteiger partial charge is 0.255 e. The first kappa shape index (κ1) is 16.2. The Morgan fingerprint density at radius 1 is 1.39 bits per heavy atom. The molecular formula is C15H20N2O5S. The molecular weight excluding hydrogens is 320 g/mol. The molecule has 1 aromatic carbocycles. The summed E-state index contributed by atoms with van der Waals surface area (Å²) in [4.78, 5) is 12.3. The molecule has 2 aliphatic rings. The summed E-state index contributed by atoms with van der Waals surface area (Å²) in [5.41, 5.74) is 1.55. The van der Waals surface area contributed by atoms with E-state index in [1.165, 1.54) is 10.6 Å². The monoisotopic (exact) mass is 340 g/mol. The predicted molar refractivity (Wildman–Crippen MR) is 84.1 cm³/mol. The summed E-state index contributed by atoms with van der Waals surface area (Å²) >= 11 is 0. The van der Waals surface area contributed by atoms with Crippen molar-refractivity contribution < 1.29 is 22.7 Å². The van der Waals surface area contributed by atoms with Crippen molar-refractivity contribution in [2.24, 2.45) is 0 Å². The van der Waals surface area contributed by atoms with E-state index in [9.17, 15) is 13.2 Å². The molecule has 0 bridgehead atoms. The molecule has 0 aromatic heterocycles. The molecule has 7 nitrogen and oxygen atoms in total. The van der Waals surface area contributed by atoms with Gasteiger partial charge in [-0.1, -0.05) is 12.1 Å². The Hall–Kier alpha value is -1.64. The minimum Gasteiger partial charge on any atom is -0.492 e. The number of fused-ring (bicyclic) bond motifs is 1. The van der Waals surface area contributed by atoms with Crippen molar-refractivity contribution in [1.29, 1.82) is 0 Å². The van der Waals surface area contributed by atoms with Crippen molar-refractivity contribution >= 4 is 15.9 Å². The van der Waals surface area contributed by atoms with E-state index in [1.807, 2.05) is 12.1 Å². The molecule has 3 rings (SSSR count). The number of nitrogens with one attached hydrogen (secondary N) is 1. The van der Waals surface area contributed by atoms with Crippen LogP contribution in [0, 0.1) is 0 Å². The first-order valence-electron chi connectivity index (χ1n) is 7.55. The summed E-state index contributed by atoms with van der Waals surface area (Å²) in [5, 5.41) is 2.80. The number of ether oxygens (including phenoxy) is 2.